The molecule has 0 aliphatic carbocycles. The lowest BCUT2D eigenvalue weighted by atomic mass is 9.85. The predicted molar refractivity (Wildman–Crippen MR) is 127 cm³/mol. The molecule has 4 rings (SSSR count). The average Bonchev–Trinajstić information content (AvgIpc) is 3.20. The maximum Gasteiger partial charge on any atom is 0.419 e. The minimum atomic E-state index is -0.444. The van der Waals surface area contributed by atoms with Gasteiger partial charge in [0.25, 0.3) is 0 Å². The molecule has 0 fully saturated rings. The van der Waals surface area contributed by atoms with Gasteiger partial charge in [0.2, 0.25) is 0 Å². The van der Waals surface area contributed by atoms with Gasteiger partial charge < -0.3 is 4.74 Å². The third-order valence-corrected chi connectivity index (χ3v) is 5.80. The van der Waals surface area contributed by atoms with Crippen molar-refractivity contribution in [3.63, 3.8) is 0 Å². The Kier molecular flexibility index (Phi) is 5.64. The van der Waals surface area contributed by atoms with E-state index in [0.717, 1.165) is 22.2 Å². The average molecular weight is 413 g/mol. The van der Waals surface area contributed by atoms with Gasteiger partial charge in [-0.2, -0.15) is 0 Å². The van der Waals surface area contributed by atoms with Crippen LogP contribution in [0.3, 0.4) is 0 Å². The van der Waals surface area contributed by atoms with Crippen LogP contribution in [0, 0.1) is 0 Å². The van der Waals surface area contributed by atoms with Gasteiger partial charge in [0.05, 0.1) is 18.1 Å². The third-order valence-electron chi connectivity index (χ3n) is 5.80. The third kappa shape index (κ3) is 3.74. The summed E-state index contributed by atoms with van der Waals surface area (Å²) in [4.78, 5) is 16.8. The van der Waals surface area contributed by atoms with Gasteiger partial charge in [0.1, 0.15) is 6.33 Å². The summed E-state index contributed by atoms with van der Waals surface area (Å²) in [5.41, 5.74) is 8.66. The molecule has 4 heteroatoms. The number of aromatic nitrogens is 2. The smallest absolute Gasteiger partial charge is 0.419 e. The second kappa shape index (κ2) is 8.38. The van der Waals surface area contributed by atoms with E-state index in [2.05, 4.69) is 93.3 Å². The van der Waals surface area contributed by atoms with E-state index in [9.17, 15) is 4.79 Å². The molecular weight excluding hydrogens is 384 g/mol. The van der Waals surface area contributed by atoms with Gasteiger partial charge in [-0.05, 0) is 57.3 Å². The molecule has 31 heavy (non-hydrogen) atoms. The molecule has 0 atom stereocenters. The minimum Gasteiger partial charge on any atom is -0.452 e. The molecule has 0 amide bonds. The molecule has 0 saturated heterocycles. The van der Waals surface area contributed by atoms with Crippen LogP contribution in [-0.2, 0) is 4.74 Å². The summed E-state index contributed by atoms with van der Waals surface area (Å²) in [7, 11) is 1.39. The number of rotatable bonds is 4. The van der Waals surface area contributed by atoms with Gasteiger partial charge in [0, 0.05) is 0 Å². The fraction of sp³-hybridized carbons (Fsp3) is 0.259. The number of carbonyl (C=O) groups is 1. The Morgan fingerprint density at radius 3 is 1.84 bits per heavy atom. The van der Waals surface area contributed by atoms with Crippen molar-refractivity contribution in [3.8, 4) is 22.3 Å². The zero-order valence-electron chi connectivity index (χ0n) is 18.7. The molecule has 0 spiro atoms. The highest BCUT2D eigenvalue weighted by atomic mass is 16.5. The van der Waals surface area contributed by atoms with E-state index in [1.54, 1.807) is 0 Å². The van der Waals surface area contributed by atoms with Crippen LogP contribution in [0.5, 0.6) is 0 Å². The number of fused-ring (bicyclic) bond motifs is 1. The maximum absolute atomic E-state index is 12.3. The molecule has 0 bridgehead atoms. The van der Waals surface area contributed by atoms with E-state index < -0.39 is 6.09 Å². The second-order valence-corrected chi connectivity index (χ2v) is 8.46. The molecule has 3 aromatic carbocycles. The summed E-state index contributed by atoms with van der Waals surface area (Å²) < 4.78 is 6.43. The number of benzene rings is 3. The van der Waals surface area contributed by atoms with Crippen molar-refractivity contribution in [3.05, 3.63) is 78.1 Å². The van der Waals surface area contributed by atoms with Crippen molar-refractivity contribution < 1.29 is 9.53 Å². The van der Waals surface area contributed by atoms with E-state index in [4.69, 9.17) is 4.74 Å². The lowest BCUT2D eigenvalue weighted by molar-refractivity contribution is 0.174. The maximum atomic E-state index is 12.3. The lowest BCUT2D eigenvalue weighted by Crippen LogP contribution is -2.09. The van der Waals surface area contributed by atoms with Crippen LogP contribution in [0.2, 0.25) is 0 Å². The standard InChI is InChI=1S/C27H28N2O2/c1-17(2)19-10-6-8-12-21(19)23-14-25-26(29(16-28-25)27(30)31-5)15-24(23)22-13-9-7-11-20(22)18(3)4/h6-18H,1-5H3. The molecule has 0 unspecified atom stereocenters. The molecule has 1 aromatic heterocycles. The number of hydrogen-bond acceptors (Lipinski definition) is 3. The molecule has 0 aliphatic rings. The van der Waals surface area contributed by atoms with Gasteiger partial charge in [0.15, 0.2) is 0 Å². The molecule has 0 N–H and O–H groups in total. The topological polar surface area (TPSA) is 44.1 Å². The molecule has 4 nitrogen and oxygen atoms in total. The number of ether oxygens (including phenoxy) is 1. The first-order chi connectivity index (χ1) is 14.9. The zero-order chi connectivity index (χ0) is 22.1. The summed E-state index contributed by atoms with van der Waals surface area (Å²) in [6.45, 7) is 8.84. The van der Waals surface area contributed by atoms with Crippen LogP contribution in [-0.4, -0.2) is 22.8 Å². The largest absolute Gasteiger partial charge is 0.452 e. The highest BCUT2D eigenvalue weighted by Gasteiger charge is 2.20. The highest BCUT2D eigenvalue weighted by molar-refractivity contribution is 5.97. The van der Waals surface area contributed by atoms with Gasteiger partial charge in [-0.15, -0.1) is 0 Å². The lowest BCUT2D eigenvalue weighted by Gasteiger charge is -2.20. The van der Waals surface area contributed by atoms with E-state index >= 15 is 0 Å². The SMILES string of the molecule is COC(=O)n1cnc2cc(-c3ccccc3C(C)C)c(-c3ccccc3C(C)C)cc21. The molecular formula is C27H28N2O2. The van der Waals surface area contributed by atoms with Gasteiger partial charge in [-0.25, -0.2) is 14.3 Å². The monoisotopic (exact) mass is 412 g/mol. The van der Waals surface area contributed by atoms with Crippen LogP contribution in [0.25, 0.3) is 33.3 Å². The fourth-order valence-electron chi connectivity index (χ4n) is 4.24. The summed E-state index contributed by atoms with van der Waals surface area (Å²) in [5.74, 6) is 0.748. The Labute approximate surface area is 183 Å². The quantitative estimate of drug-likeness (QED) is 0.355. The summed E-state index contributed by atoms with van der Waals surface area (Å²) in [6, 6.07) is 21.2. The molecule has 1 heterocycles. The highest BCUT2D eigenvalue weighted by Crippen LogP contribution is 2.41. The van der Waals surface area contributed by atoms with Crippen molar-refractivity contribution in [1.29, 1.82) is 0 Å². The number of carbonyl (C=O) groups excluding carboxylic acids is 1. The first-order valence-electron chi connectivity index (χ1n) is 10.7. The molecule has 0 radical (unpaired) electrons. The molecule has 0 aliphatic heterocycles. The van der Waals surface area contributed by atoms with Crippen molar-refractivity contribution in [2.75, 3.05) is 7.11 Å². The van der Waals surface area contributed by atoms with Crippen molar-refractivity contribution in [1.82, 2.24) is 9.55 Å². The Morgan fingerprint density at radius 2 is 1.32 bits per heavy atom. The normalized spacial score (nSPS) is 11.5. The number of hydrogen-bond donors (Lipinski definition) is 0. The van der Waals surface area contributed by atoms with Crippen molar-refractivity contribution >= 4 is 17.1 Å². The van der Waals surface area contributed by atoms with Crippen LogP contribution in [0.15, 0.2) is 67.0 Å². The Bertz CT molecular complexity index is 1250. The van der Waals surface area contributed by atoms with Crippen molar-refractivity contribution in [2.24, 2.45) is 0 Å². The van der Waals surface area contributed by atoms with Gasteiger partial charge >= 0.3 is 6.09 Å². The molecule has 0 saturated carbocycles. The number of nitrogens with zero attached hydrogens (tertiary/aromatic N) is 2. The van der Waals surface area contributed by atoms with Crippen LogP contribution < -0.4 is 0 Å². The van der Waals surface area contributed by atoms with Crippen LogP contribution in [0.4, 0.5) is 4.79 Å². The van der Waals surface area contributed by atoms with E-state index in [1.165, 1.54) is 40.3 Å². The Morgan fingerprint density at radius 1 is 0.806 bits per heavy atom. The fourth-order valence-corrected chi connectivity index (χ4v) is 4.24. The van der Waals surface area contributed by atoms with E-state index in [0.29, 0.717) is 11.8 Å². The number of imidazole rings is 1. The summed E-state index contributed by atoms with van der Waals surface area (Å²) in [6.07, 6.45) is 1.09. The molecule has 158 valence electrons. The molecule has 4 aromatic rings. The van der Waals surface area contributed by atoms with Gasteiger partial charge in [-0.1, -0.05) is 76.2 Å². The van der Waals surface area contributed by atoms with Crippen LogP contribution in [0.1, 0.15) is 50.7 Å². The van der Waals surface area contributed by atoms with Gasteiger partial charge in [-0.3, -0.25) is 0 Å². The number of methoxy groups -OCH3 is 1. The zero-order valence-corrected chi connectivity index (χ0v) is 18.7. The first-order valence-corrected chi connectivity index (χ1v) is 10.7. The first kappa shape index (κ1) is 20.9. The van der Waals surface area contributed by atoms with E-state index in [-0.39, 0.29) is 0 Å². The summed E-state index contributed by atoms with van der Waals surface area (Å²) >= 11 is 0. The Balaban J connectivity index is 2.10. The van der Waals surface area contributed by atoms with Crippen molar-refractivity contribution in [2.45, 2.75) is 39.5 Å². The minimum absolute atomic E-state index is 0.366. The predicted octanol–water partition coefficient (Wildman–Crippen LogP) is 7.23. The second-order valence-electron chi connectivity index (χ2n) is 8.46. The summed E-state index contributed by atoms with van der Waals surface area (Å²) in [5, 5.41) is 0. The van der Waals surface area contributed by atoms with E-state index in [1.807, 2.05) is 0 Å². The van der Waals surface area contributed by atoms with Crippen LogP contribution >= 0.6 is 0 Å². The Hall–Kier alpha value is -3.40.